The first-order valence-corrected chi connectivity index (χ1v) is 7.75. The second-order valence-electron chi connectivity index (χ2n) is 5.41. The van der Waals surface area contributed by atoms with Crippen molar-refractivity contribution in [1.29, 1.82) is 0 Å². The number of carbonyl (C=O) groups excluding carboxylic acids is 2. The number of hydrogen-bond acceptors (Lipinski definition) is 4. The molecule has 108 valence electrons. The van der Waals surface area contributed by atoms with Gasteiger partial charge in [0.1, 0.15) is 6.61 Å². The molecule has 0 bridgehead atoms. The first kappa shape index (κ1) is 13.6. The van der Waals surface area contributed by atoms with Crippen LogP contribution in [0.3, 0.4) is 0 Å². The Bertz CT molecular complexity index is 506. The van der Waals surface area contributed by atoms with E-state index in [0.717, 1.165) is 17.7 Å². The number of hydrogen-bond donors (Lipinski definition) is 1. The van der Waals surface area contributed by atoms with E-state index in [-0.39, 0.29) is 30.1 Å². The van der Waals surface area contributed by atoms with E-state index < -0.39 is 0 Å². The van der Waals surface area contributed by atoms with Gasteiger partial charge in [0.2, 0.25) is 5.91 Å². The summed E-state index contributed by atoms with van der Waals surface area (Å²) < 4.78 is 5.80. The zero-order chi connectivity index (χ0) is 14.2. The van der Waals surface area contributed by atoms with Crippen molar-refractivity contribution in [2.75, 3.05) is 19.7 Å². The van der Waals surface area contributed by atoms with E-state index in [1.165, 1.54) is 11.3 Å². The first-order chi connectivity index (χ1) is 9.61. The summed E-state index contributed by atoms with van der Waals surface area (Å²) >= 11 is 1.47. The Morgan fingerprint density at radius 2 is 2.25 bits per heavy atom. The smallest absolute Gasteiger partial charge is 0.263 e. The minimum atomic E-state index is -0.305. The fourth-order valence-corrected chi connectivity index (χ4v) is 3.66. The van der Waals surface area contributed by atoms with Crippen LogP contribution < -0.4 is 5.32 Å². The van der Waals surface area contributed by atoms with Crippen LogP contribution in [0.5, 0.6) is 0 Å². The number of ether oxygens (including phenoxy) is 1. The molecule has 2 amide bonds. The third-order valence-corrected chi connectivity index (χ3v) is 5.14. The molecule has 3 rings (SSSR count). The Kier molecular flexibility index (Phi) is 3.52. The zero-order valence-corrected chi connectivity index (χ0v) is 12.2. The molecule has 5 nitrogen and oxygen atoms in total. The van der Waals surface area contributed by atoms with Crippen molar-refractivity contribution in [3.8, 4) is 0 Å². The fourth-order valence-electron chi connectivity index (χ4n) is 2.97. The van der Waals surface area contributed by atoms with Crippen LogP contribution in [0.1, 0.15) is 29.4 Å². The lowest BCUT2D eigenvalue weighted by Crippen LogP contribution is -2.63. The molecule has 1 aromatic rings. The molecule has 1 spiro atoms. The van der Waals surface area contributed by atoms with Crippen LogP contribution in [0, 0.1) is 0 Å². The molecule has 0 saturated carbocycles. The van der Waals surface area contributed by atoms with Gasteiger partial charge in [0.15, 0.2) is 0 Å². The summed E-state index contributed by atoms with van der Waals surface area (Å²) in [4.78, 5) is 26.3. The Morgan fingerprint density at radius 1 is 1.50 bits per heavy atom. The van der Waals surface area contributed by atoms with Crippen molar-refractivity contribution in [1.82, 2.24) is 10.2 Å². The van der Waals surface area contributed by atoms with E-state index >= 15 is 0 Å². The van der Waals surface area contributed by atoms with Crippen molar-refractivity contribution < 1.29 is 14.3 Å². The Balaban J connectivity index is 1.65. The van der Waals surface area contributed by atoms with Crippen molar-refractivity contribution in [2.24, 2.45) is 0 Å². The van der Waals surface area contributed by atoms with Crippen LogP contribution >= 0.6 is 11.3 Å². The van der Waals surface area contributed by atoms with Crippen molar-refractivity contribution in [3.63, 3.8) is 0 Å². The van der Waals surface area contributed by atoms with E-state index in [2.05, 4.69) is 5.32 Å². The molecule has 3 heterocycles. The van der Waals surface area contributed by atoms with Crippen molar-refractivity contribution >= 4 is 23.2 Å². The van der Waals surface area contributed by atoms with Gasteiger partial charge in [-0.1, -0.05) is 6.07 Å². The molecular formula is C14H18N2O3S. The molecule has 0 radical (unpaired) electrons. The van der Waals surface area contributed by atoms with E-state index in [9.17, 15) is 9.59 Å². The Labute approximate surface area is 121 Å². The number of rotatable bonds is 1. The summed E-state index contributed by atoms with van der Waals surface area (Å²) in [7, 11) is 0. The number of morpholine rings is 1. The fraction of sp³-hybridized carbons (Fsp3) is 0.571. The number of amides is 2. The summed E-state index contributed by atoms with van der Waals surface area (Å²) in [5, 5.41) is 4.86. The lowest BCUT2D eigenvalue weighted by Gasteiger charge is -2.47. The average Bonchev–Trinajstić information content (AvgIpc) is 2.98. The highest BCUT2D eigenvalue weighted by Gasteiger charge is 2.44. The second-order valence-corrected chi connectivity index (χ2v) is 6.36. The molecule has 1 aromatic heterocycles. The summed E-state index contributed by atoms with van der Waals surface area (Å²) in [6.07, 6.45) is 1.54. The van der Waals surface area contributed by atoms with E-state index in [1.54, 1.807) is 0 Å². The quantitative estimate of drug-likeness (QED) is 0.848. The number of piperidine rings is 1. The highest BCUT2D eigenvalue weighted by molar-refractivity contribution is 7.12. The molecular weight excluding hydrogens is 276 g/mol. The first-order valence-electron chi connectivity index (χ1n) is 6.87. The molecule has 0 aliphatic carbocycles. The largest absolute Gasteiger partial charge is 0.363 e. The minimum absolute atomic E-state index is 0.00254. The van der Waals surface area contributed by atoms with E-state index in [4.69, 9.17) is 4.74 Å². The molecule has 2 aliphatic heterocycles. The van der Waals surface area contributed by atoms with Gasteiger partial charge < -0.3 is 15.0 Å². The maximum absolute atomic E-state index is 12.3. The van der Waals surface area contributed by atoms with Gasteiger partial charge in [-0.25, -0.2) is 0 Å². The van der Waals surface area contributed by atoms with Gasteiger partial charge in [-0.05, 0) is 31.2 Å². The summed E-state index contributed by atoms with van der Waals surface area (Å²) in [5.41, 5.74) is -0.305. The highest BCUT2D eigenvalue weighted by Crippen LogP contribution is 2.32. The topological polar surface area (TPSA) is 58.6 Å². The van der Waals surface area contributed by atoms with E-state index in [1.807, 2.05) is 29.3 Å². The highest BCUT2D eigenvalue weighted by atomic mass is 32.1. The molecule has 2 aliphatic rings. The Hall–Kier alpha value is -1.40. The molecule has 1 unspecified atom stereocenters. The third-order valence-electron chi connectivity index (χ3n) is 4.29. The predicted molar refractivity (Wildman–Crippen MR) is 75.7 cm³/mol. The number of nitrogens with zero attached hydrogens (tertiary/aromatic N) is 1. The van der Waals surface area contributed by atoms with Crippen LogP contribution in [0.2, 0.25) is 0 Å². The molecule has 2 fully saturated rings. The third kappa shape index (κ3) is 2.33. The molecule has 1 N–H and O–H groups in total. The van der Waals surface area contributed by atoms with E-state index in [0.29, 0.717) is 13.1 Å². The zero-order valence-electron chi connectivity index (χ0n) is 11.4. The molecule has 0 aromatic carbocycles. The normalized spacial score (nSPS) is 25.6. The maximum atomic E-state index is 12.3. The number of thiophene rings is 1. The van der Waals surface area contributed by atoms with Crippen molar-refractivity contribution in [3.05, 3.63) is 22.4 Å². The van der Waals surface area contributed by atoms with Gasteiger partial charge in [0, 0.05) is 13.1 Å². The van der Waals surface area contributed by atoms with Crippen LogP contribution in [-0.4, -0.2) is 48.1 Å². The standard InChI is InChI=1S/C14H18N2O3S/c1-10-14(19-9-12(17)15-10)4-6-16(7-5-14)13(18)11-3-2-8-20-11/h2-3,8,10H,4-7,9H2,1H3,(H,15,17). The predicted octanol–water partition coefficient (Wildman–Crippen LogP) is 1.26. The lowest BCUT2D eigenvalue weighted by atomic mass is 9.83. The molecule has 20 heavy (non-hydrogen) atoms. The number of nitrogens with one attached hydrogen (secondary N) is 1. The lowest BCUT2D eigenvalue weighted by molar-refractivity contribution is -0.158. The van der Waals surface area contributed by atoms with Gasteiger partial charge in [0.05, 0.1) is 16.5 Å². The number of likely N-dealkylation sites (tertiary alicyclic amines) is 1. The van der Waals surface area contributed by atoms with Gasteiger partial charge >= 0.3 is 0 Å². The SMILES string of the molecule is CC1NC(=O)COC12CCN(C(=O)c1cccs1)CC2. The van der Waals surface area contributed by atoms with Gasteiger partial charge in [-0.2, -0.15) is 0 Å². The number of carbonyl (C=O) groups is 2. The maximum Gasteiger partial charge on any atom is 0.263 e. The minimum Gasteiger partial charge on any atom is -0.363 e. The van der Waals surface area contributed by atoms with Crippen LogP contribution in [0.4, 0.5) is 0 Å². The van der Waals surface area contributed by atoms with Gasteiger partial charge in [0.25, 0.3) is 5.91 Å². The summed E-state index contributed by atoms with van der Waals surface area (Å²) in [6, 6.07) is 3.76. The monoisotopic (exact) mass is 294 g/mol. The average molecular weight is 294 g/mol. The summed E-state index contributed by atoms with van der Waals surface area (Å²) in [6.45, 7) is 3.46. The van der Waals surface area contributed by atoms with Crippen LogP contribution in [-0.2, 0) is 9.53 Å². The molecule has 1 atom stereocenters. The van der Waals surface area contributed by atoms with Crippen LogP contribution in [0.15, 0.2) is 17.5 Å². The van der Waals surface area contributed by atoms with Crippen molar-refractivity contribution in [2.45, 2.75) is 31.4 Å². The molecule has 2 saturated heterocycles. The second kappa shape index (κ2) is 5.18. The van der Waals surface area contributed by atoms with Gasteiger partial charge in [-0.3, -0.25) is 9.59 Å². The van der Waals surface area contributed by atoms with Crippen LogP contribution in [0.25, 0.3) is 0 Å². The molecule has 6 heteroatoms. The summed E-state index contributed by atoms with van der Waals surface area (Å²) in [5.74, 6) is 0.0440. The Morgan fingerprint density at radius 3 is 2.85 bits per heavy atom. The van der Waals surface area contributed by atoms with Gasteiger partial charge in [-0.15, -0.1) is 11.3 Å².